The van der Waals surface area contributed by atoms with Gasteiger partial charge in [0.1, 0.15) is 0 Å². The molecule has 0 bridgehead atoms. The van der Waals surface area contributed by atoms with Crippen LogP contribution in [-0.2, 0) is 10.0 Å². The molecule has 112 valence electrons. The quantitative estimate of drug-likeness (QED) is 0.805. The number of sulfonamides is 1. The molecule has 1 fully saturated rings. The zero-order valence-electron chi connectivity index (χ0n) is 11.6. The third-order valence-corrected chi connectivity index (χ3v) is 5.96. The predicted octanol–water partition coefficient (Wildman–Crippen LogP) is 1.53. The number of hydrogen-bond acceptors (Lipinski definition) is 4. The van der Waals surface area contributed by atoms with Crippen molar-refractivity contribution < 1.29 is 8.42 Å². The number of nitrogens with zero attached hydrogens (tertiary/aromatic N) is 1. The van der Waals surface area contributed by atoms with Crippen LogP contribution in [0.3, 0.4) is 0 Å². The van der Waals surface area contributed by atoms with E-state index in [9.17, 15) is 8.42 Å². The van der Waals surface area contributed by atoms with Gasteiger partial charge in [-0.25, -0.2) is 13.1 Å². The molecule has 1 saturated carbocycles. The van der Waals surface area contributed by atoms with Gasteiger partial charge in [-0.3, -0.25) is 0 Å². The van der Waals surface area contributed by atoms with Crippen molar-refractivity contribution in [3.05, 3.63) is 22.7 Å². The van der Waals surface area contributed by atoms with Gasteiger partial charge in [0, 0.05) is 36.8 Å². The minimum Gasteiger partial charge on any atom is -0.378 e. The summed E-state index contributed by atoms with van der Waals surface area (Å²) in [5.41, 5.74) is 6.51. The Morgan fingerprint density at radius 3 is 2.60 bits per heavy atom. The molecule has 5 nitrogen and oxygen atoms in total. The molecule has 3 N–H and O–H groups in total. The Balaban J connectivity index is 2.30. The van der Waals surface area contributed by atoms with Gasteiger partial charge in [-0.05, 0) is 52.9 Å². The fraction of sp³-hybridized carbons (Fsp3) is 0.538. The van der Waals surface area contributed by atoms with E-state index < -0.39 is 10.0 Å². The van der Waals surface area contributed by atoms with Crippen LogP contribution in [0.1, 0.15) is 12.8 Å². The van der Waals surface area contributed by atoms with Crippen molar-refractivity contribution in [2.24, 2.45) is 11.7 Å². The summed E-state index contributed by atoms with van der Waals surface area (Å²) in [5.74, 6) is 0.380. The SMILES string of the molecule is CN(C)c1ccc(Br)c(S(=O)(=O)NC(CN)C2CC2)c1. The largest absolute Gasteiger partial charge is 0.378 e. The monoisotopic (exact) mass is 361 g/mol. The number of halogens is 1. The minimum absolute atomic E-state index is 0.171. The summed E-state index contributed by atoms with van der Waals surface area (Å²) in [6.45, 7) is 0.328. The van der Waals surface area contributed by atoms with Gasteiger partial charge in [-0.15, -0.1) is 0 Å². The molecule has 1 aliphatic carbocycles. The molecule has 0 amide bonds. The summed E-state index contributed by atoms with van der Waals surface area (Å²) in [6.07, 6.45) is 2.09. The summed E-state index contributed by atoms with van der Waals surface area (Å²) in [6, 6.07) is 5.10. The van der Waals surface area contributed by atoms with Gasteiger partial charge in [0.15, 0.2) is 0 Å². The zero-order valence-corrected chi connectivity index (χ0v) is 14.0. The fourth-order valence-electron chi connectivity index (χ4n) is 2.07. The Hall–Kier alpha value is -0.630. The molecule has 0 spiro atoms. The second-order valence-electron chi connectivity index (χ2n) is 5.31. The van der Waals surface area contributed by atoms with E-state index in [1.165, 1.54) is 0 Å². The molecule has 2 rings (SSSR count). The van der Waals surface area contributed by atoms with Crippen LogP contribution in [0.25, 0.3) is 0 Å². The molecule has 1 aromatic rings. The third-order valence-electron chi connectivity index (χ3n) is 3.47. The van der Waals surface area contributed by atoms with Crippen LogP contribution in [0.5, 0.6) is 0 Å². The highest BCUT2D eigenvalue weighted by molar-refractivity contribution is 9.10. The van der Waals surface area contributed by atoms with E-state index in [1.54, 1.807) is 12.1 Å². The Morgan fingerprint density at radius 2 is 2.10 bits per heavy atom. The summed E-state index contributed by atoms with van der Waals surface area (Å²) in [4.78, 5) is 2.12. The lowest BCUT2D eigenvalue weighted by Crippen LogP contribution is -2.41. The molecule has 1 unspecified atom stereocenters. The standard InChI is InChI=1S/C13H20BrN3O2S/c1-17(2)10-5-6-11(14)13(7-10)20(18,19)16-12(8-15)9-3-4-9/h5-7,9,12,16H,3-4,8,15H2,1-2H3. The second kappa shape index (κ2) is 6.01. The minimum atomic E-state index is -3.57. The van der Waals surface area contributed by atoms with E-state index in [4.69, 9.17) is 5.73 Å². The molecular weight excluding hydrogens is 342 g/mol. The lowest BCUT2D eigenvalue weighted by atomic mass is 10.2. The highest BCUT2D eigenvalue weighted by atomic mass is 79.9. The van der Waals surface area contributed by atoms with E-state index in [2.05, 4.69) is 20.7 Å². The highest BCUT2D eigenvalue weighted by Crippen LogP contribution is 2.34. The molecule has 7 heteroatoms. The maximum atomic E-state index is 12.5. The van der Waals surface area contributed by atoms with Crippen molar-refractivity contribution >= 4 is 31.6 Å². The highest BCUT2D eigenvalue weighted by Gasteiger charge is 2.34. The second-order valence-corrected chi connectivity index (χ2v) is 7.85. The van der Waals surface area contributed by atoms with Gasteiger partial charge in [0.2, 0.25) is 10.0 Å². The van der Waals surface area contributed by atoms with E-state index in [-0.39, 0.29) is 10.9 Å². The van der Waals surface area contributed by atoms with Gasteiger partial charge < -0.3 is 10.6 Å². The third kappa shape index (κ3) is 3.52. The van der Waals surface area contributed by atoms with Gasteiger partial charge >= 0.3 is 0 Å². The maximum absolute atomic E-state index is 12.5. The van der Waals surface area contributed by atoms with Crippen LogP contribution < -0.4 is 15.4 Å². The van der Waals surface area contributed by atoms with Crippen molar-refractivity contribution in [3.63, 3.8) is 0 Å². The number of benzene rings is 1. The Bertz CT molecular complexity index is 585. The fourth-order valence-corrected chi connectivity index (χ4v) is 4.38. The van der Waals surface area contributed by atoms with Crippen LogP contribution in [0, 0.1) is 5.92 Å². The zero-order chi connectivity index (χ0) is 14.9. The van der Waals surface area contributed by atoms with Gasteiger partial charge in [0.05, 0.1) is 4.90 Å². The van der Waals surface area contributed by atoms with Crippen LogP contribution >= 0.6 is 15.9 Å². The van der Waals surface area contributed by atoms with E-state index in [0.717, 1.165) is 18.5 Å². The van der Waals surface area contributed by atoms with Crippen molar-refractivity contribution in [2.75, 3.05) is 25.5 Å². The molecule has 0 saturated heterocycles. The molecule has 0 radical (unpaired) electrons. The Kier molecular flexibility index (Phi) is 4.73. The molecule has 1 aliphatic rings. The predicted molar refractivity (Wildman–Crippen MR) is 84.4 cm³/mol. The molecule has 1 aromatic carbocycles. The van der Waals surface area contributed by atoms with E-state index in [0.29, 0.717) is 16.9 Å². The average molecular weight is 362 g/mol. The molecule has 0 aliphatic heterocycles. The van der Waals surface area contributed by atoms with Crippen molar-refractivity contribution in [3.8, 4) is 0 Å². The number of hydrogen-bond donors (Lipinski definition) is 2. The molecular formula is C13H20BrN3O2S. The molecule has 0 heterocycles. The molecule has 20 heavy (non-hydrogen) atoms. The number of nitrogens with two attached hydrogens (primary N) is 1. The van der Waals surface area contributed by atoms with Gasteiger partial charge in [-0.1, -0.05) is 0 Å². The van der Waals surface area contributed by atoms with Crippen LogP contribution in [0.4, 0.5) is 5.69 Å². The summed E-state index contributed by atoms with van der Waals surface area (Å²) in [7, 11) is 0.183. The van der Waals surface area contributed by atoms with Gasteiger partial charge in [-0.2, -0.15) is 0 Å². The van der Waals surface area contributed by atoms with Crippen LogP contribution in [0.15, 0.2) is 27.6 Å². The summed E-state index contributed by atoms with van der Waals surface area (Å²) >= 11 is 3.31. The Labute approximate surface area is 128 Å². The number of rotatable bonds is 6. The first kappa shape index (κ1) is 15.8. The lowest BCUT2D eigenvalue weighted by Gasteiger charge is -2.19. The number of nitrogens with one attached hydrogen (secondary N) is 1. The first-order valence-electron chi connectivity index (χ1n) is 6.54. The Morgan fingerprint density at radius 1 is 1.45 bits per heavy atom. The maximum Gasteiger partial charge on any atom is 0.242 e. The topological polar surface area (TPSA) is 75.4 Å². The van der Waals surface area contributed by atoms with E-state index in [1.807, 2.05) is 25.1 Å². The summed E-state index contributed by atoms with van der Waals surface area (Å²) < 4.78 is 28.3. The first-order chi connectivity index (χ1) is 9.35. The first-order valence-corrected chi connectivity index (χ1v) is 8.82. The number of anilines is 1. The molecule has 1 atom stereocenters. The summed E-state index contributed by atoms with van der Waals surface area (Å²) in [5, 5.41) is 0. The average Bonchev–Trinajstić information content (AvgIpc) is 3.20. The van der Waals surface area contributed by atoms with Crippen molar-refractivity contribution in [1.29, 1.82) is 0 Å². The normalized spacial score (nSPS) is 17.0. The van der Waals surface area contributed by atoms with Crippen LogP contribution in [-0.4, -0.2) is 35.1 Å². The molecule has 0 aromatic heterocycles. The van der Waals surface area contributed by atoms with Gasteiger partial charge in [0.25, 0.3) is 0 Å². The van der Waals surface area contributed by atoms with E-state index >= 15 is 0 Å². The van der Waals surface area contributed by atoms with Crippen molar-refractivity contribution in [2.45, 2.75) is 23.8 Å². The van der Waals surface area contributed by atoms with Crippen LogP contribution in [0.2, 0.25) is 0 Å². The lowest BCUT2D eigenvalue weighted by molar-refractivity contribution is 0.519. The van der Waals surface area contributed by atoms with Crippen molar-refractivity contribution in [1.82, 2.24) is 4.72 Å². The smallest absolute Gasteiger partial charge is 0.242 e.